The molecule has 0 bridgehead atoms. The van der Waals surface area contributed by atoms with Crippen molar-refractivity contribution in [1.29, 1.82) is 0 Å². The molecule has 0 saturated carbocycles. The van der Waals surface area contributed by atoms with Crippen molar-refractivity contribution in [3.8, 4) is 0 Å². The molecule has 0 aliphatic carbocycles. The molecule has 0 aliphatic heterocycles. The van der Waals surface area contributed by atoms with Crippen molar-refractivity contribution in [3.63, 3.8) is 0 Å². The first-order chi connectivity index (χ1) is 25.5. The Labute approximate surface area is 320 Å². The highest BCUT2D eigenvalue weighted by Crippen LogP contribution is 2.11. The zero-order chi connectivity index (χ0) is 38.0. The maximum atomic E-state index is 12.6. The zero-order valence-corrected chi connectivity index (χ0v) is 34.1. The fourth-order valence-electron chi connectivity index (χ4n) is 5.73. The number of esters is 3. The third-order valence-corrected chi connectivity index (χ3v) is 9.05. The summed E-state index contributed by atoms with van der Waals surface area (Å²) in [6.45, 7) is 6.47. The van der Waals surface area contributed by atoms with Crippen molar-refractivity contribution in [2.24, 2.45) is 0 Å². The minimum Gasteiger partial charge on any atom is -0.462 e. The fourth-order valence-corrected chi connectivity index (χ4v) is 5.73. The van der Waals surface area contributed by atoms with E-state index in [0.29, 0.717) is 25.7 Å². The number of hydrogen-bond acceptors (Lipinski definition) is 6. The Morgan fingerprint density at radius 3 is 1.17 bits per heavy atom. The van der Waals surface area contributed by atoms with E-state index in [1.165, 1.54) is 96.3 Å². The van der Waals surface area contributed by atoms with Crippen molar-refractivity contribution in [2.75, 3.05) is 13.2 Å². The van der Waals surface area contributed by atoms with Crippen LogP contribution in [0.4, 0.5) is 0 Å². The van der Waals surface area contributed by atoms with Gasteiger partial charge in [-0.15, -0.1) is 0 Å². The first kappa shape index (κ1) is 49.4. The molecule has 0 saturated heterocycles. The van der Waals surface area contributed by atoms with Gasteiger partial charge in [0.1, 0.15) is 13.2 Å². The molecular weight excluding hydrogens is 649 g/mol. The largest absolute Gasteiger partial charge is 0.462 e. The second-order valence-corrected chi connectivity index (χ2v) is 14.3. The number of rotatable bonds is 38. The van der Waals surface area contributed by atoms with Crippen molar-refractivity contribution in [1.82, 2.24) is 0 Å². The van der Waals surface area contributed by atoms with Crippen molar-refractivity contribution >= 4 is 17.9 Å². The van der Waals surface area contributed by atoms with Gasteiger partial charge < -0.3 is 14.2 Å². The SMILES string of the molecule is CCCCCC/C=C\CCCC(=O)OCC(COC(=O)CCCCC/C=C\C=C/CCCCCCCCC)OC(=O)CCC/C=C\CCCCCC. The van der Waals surface area contributed by atoms with Crippen LogP contribution in [-0.2, 0) is 28.6 Å². The highest BCUT2D eigenvalue weighted by molar-refractivity contribution is 5.71. The van der Waals surface area contributed by atoms with Crippen molar-refractivity contribution in [2.45, 2.75) is 213 Å². The molecule has 1 atom stereocenters. The van der Waals surface area contributed by atoms with Crippen LogP contribution >= 0.6 is 0 Å². The Morgan fingerprint density at radius 1 is 0.385 bits per heavy atom. The number of allylic oxidation sites excluding steroid dienone is 8. The summed E-state index contributed by atoms with van der Waals surface area (Å²) in [6.07, 6.45) is 46.9. The Kier molecular flexibility index (Phi) is 39.1. The molecule has 0 N–H and O–H groups in total. The maximum absolute atomic E-state index is 12.6. The predicted molar refractivity (Wildman–Crippen MR) is 219 cm³/mol. The summed E-state index contributed by atoms with van der Waals surface area (Å²) in [6, 6.07) is 0. The zero-order valence-electron chi connectivity index (χ0n) is 34.1. The van der Waals surface area contributed by atoms with Gasteiger partial charge in [0.25, 0.3) is 0 Å². The first-order valence-electron chi connectivity index (χ1n) is 21.7. The van der Waals surface area contributed by atoms with E-state index < -0.39 is 6.10 Å². The van der Waals surface area contributed by atoms with Crippen molar-refractivity contribution in [3.05, 3.63) is 48.6 Å². The average Bonchev–Trinajstić information content (AvgIpc) is 3.14. The molecule has 1 unspecified atom stereocenters. The second-order valence-electron chi connectivity index (χ2n) is 14.3. The lowest BCUT2D eigenvalue weighted by Crippen LogP contribution is -2.30. The molecule has 0 aliphatic rings. The van der Waals surface area contributed by atoms with Crippen LogP contribution in [0.25, 0.3) is 0 Å². The van der Waals surface area contributed by atoms with E-state index in [1.54, 1.807) is 0 Å². The normalized spacial score (nSPS) is 12.4. The number of unbranched alkanes of at least 4 members (excludes halogenated alkanes) is 20. The average molecular weight is 729 g/mol. The molecule has 0 spiro atoms. The maximum Gasteiger partial charge on any atom is 0.306 e. The Hall–Kier alpha value is -2.63. The predicted octanol–water partition coefficient (Wildman–Crippen LogP) is 13.6. The van der Waals surface area contributed by atoms with Crippen LogP contribution in [0, 0.1) is 0 Å². The smallest absolute Gasteiger partial charge is 0.306 e. The number of carbonyl (C=O) groups excluding carboxylic acids is 3. The summed E-state index contributed by atoms with van der Waals surface area (Å²) < 4.78 is 16.5. The van der Waals surface area contributed by atoms with Gasteiger partial charge in [0.05, 0.1) is 0 Å². The molecule has 0 aromatic carbocycles. The van der Waals surface area contributed by atoms with Crippen molar-refractivity contribution < 1.29 is 28.6 Å². The van der Waals surface area contributed by atoms with Crippen LogP contribution in [0.2, 0.25) is 0 Å². The molecule has 52 heavy (non-hydrogen) atoms. The van der Waals surface area contributed by atoms with E-state index in [-0.39, 0.29) is 37.5 Å². The lowest BCUT2D eigenvalue weighted by Gasteiger charge is -2.18. The van der Waals surface area contributed by atoms with Crippen LogP contribution in [0.3, 0.4) is 0 Å². The second kappa shape index (κ2) is 41.1. The third kappa shape index (κ3) is 38.6. The lowest BCUT2D eigenvalue weighted by molar-refractivity contribution is -0.167. The van der Waals surface area contributed by atoms with Gasteiger partial charge in [-0.2, -0.15) is 0 Å². The Morgan fingerprint density at radius 2 is 0.712 bits per heavy atom. The molecule has 0 amide bonds. The lowest BCUT2D eigenvalue weighted by atomic mass is 10.1. The fraction of sp³-hybridized carbons (Fsp3) is 0.761. The van der Waals surface area contributed by atoms with Gasteiger partial charge in [-0.25, -0.2) is 0 Å². The summed E-state index contributed by atoms with van der Waals surface area (Å²) in [7, 11) is 0. The Bertz CT molecular complexity index is 933. The van der Waals surface area contributed by atoms with E-state index in [0.717, 1.165) is 57.8 Å². The monoisotopic (exact) mass is 729 g/mol. The summed E-state index contributed by atoms with van der Waals surface area (Å²) >= 11 is 0. The van der Waals surface area contributed by atoms with Gasteiger partial charge in [-0.05, 0) is 83.5 Å². The van der Waals surface area contributed by atoms with Gasteiger partial charge in [0, 0.05) is 19.3 Å². The first-order valence-corrected chi connectivity index (χ1v) is 21.7. The minimum atomic E-state index is -0.804. The molecule has 0 rings (SSSR count). The van der Waals surface area contributed by atoms with Crippen LogP contribution < -0.4 is 0 Å². The van der Waals surface area contributed by atoms with Crippen LogP contribution in [0.15, 0.2) is 48.6 Å². The van der Waals surface area contributed by atoms with Gasteiger partial charge in [0.2, 0.25) is 0 Å². The van der Waals surface area contributed by atoms with Gasteiger partial charge >= 0.3 is 17.9 Å². The van der Waals surface area contributed by atoms with E-state index in [4.69, 9.17) is 14.2 Å². The topological polar surface area (TPSA) is 78.9 Å². The third-order valence-electron chi connectivity index (χ3n) is 9.05. The molecule has 300 valence electrons. The summed E-state index contributed by atoms with van der Waals surface area (Å²) in [5, 5.41) is 0. The van der Waals surface area contributed by atoms with Gasteiger partial charge in [-0.3, -0.25) is 14.4 Å². The summed E-state index contributed by atoms with van der Waals surface area (Å²) in [5.41, 5.74) is 0. The molecule has 0 heterocycles. The van der Waals surface area contributed by atoms with E-state index in [1.807, 2.05) is 0 Å². The summed E-state index contributed by atoms with van der Waals surface area (Å²) in [5.74, 6) is -1.01. The molecule has 6 nitrogen and oxygen atoms in total. The van der Waals surface area contributed by atoms with E-state index in [9.17, 15) is 14.4 Å². The molecular formula is C46H80O6. The number of carbonyl (C=O) groups is 3. The van der Waals surface area contributed by atoms with Gasteiger partial charge in [-0.1, -0.05) is 153 Å². The van der Waals surface area contributed by atoms with Crippen LogP contribution in [0.1, 0.15) is 207 Å². The van der Waals surface area contributed by atoms with E-state index >= 15 is 0 Å². The molecule has 0 aromatic heterocycles. The standard InChI is InChI=1S/C46H80O6/c1-4-7-10-13-16-19-20-21-22-23-24-25-28-30-33-36-39-45(48)51-42-43(52-46(49)40-37-34-31-27-18-15-12-9-6-3)41-50-44(47)38-35-32-29-26-17-14-11-8-5-2/h22-27,29,31,43H,4-21,28,30,32-42H2,1-3H3/b23-22-,25-24-,29-26-,31-27-. The number of hydrogen-bond donors (Lipinski definition) is 0. The van der Waals surface area contributed by atoms with Crippen LogP contribution in [-0.4, -0.2) is 37.2 Å². The van der Waals surface area contributed by atoms with Crippen LogP contribution in [0.5, 0.6) is 0 Å². The summed E-state index contributed by atoms with van der Waals surface area (Å²) in [4.78, 5) is 37.5. The molecule has 6 heteroatoms. The van der Waals surface area contributed by atoms with E-state index in [2.05, 4.69) is 69.4 Å². The molecule has 0 fully saturated rings. The quantitative estimate of drug-likeness (QED) is 0.0207. The molecule has 0 aromatic rings. The molecule has 0 radical (unpaired) electrons. The Balaban J connectivity index is 4.41. The van der Waals surface area contributed by atoms with Gasteiger partial charge in [0.15, 0.2) is 6.10 Å². The highest BCUT2D eigenvalue weighted by atomic mass is 16.6. The minimum absolute atomic E-state index is 0.107. The number of ether oxygens (including phenoxy) is 3. The highest BCUT2D eigenvalue weighted by Gasteiger charge is 2.19.